The molecule has 0 spiro atoms. The topological polar surface area (TPSA) is 71.2 Å². The lowest BCUT2D eigenvalue weighted by atomic mass is 10.2. The minimum Gasteiger partial charge on any atom is -0.449 e. The van der Waals surface area contributed by atoms with E-state index in [9.17, 15) is 0 Å². The summed E-state index contributed by atoms with van der Waals surface area (Å²) in [6.07, 6.45) is 7.12. The van der Waals surface area contributed by atoms with Crippen LogP contribution in [0, 0.1) is 6.92 Å². The molecule has 7 nitrogen and oxygen atoms in total. The molecule has 0 aromatic carbocycles. The second-order valence-electron chi connectivity index (χ2n) is 6.10. The Morgan fingerprint density at radius 3 is 2.52 bits per heavy atom. The number of pyridine rings is 1. The Kier molecular flexibility index (Phi) is 4.39. The van der Waals surface area contributed by atoms with Crippen LogP contribution in [0.4, 0.5) is 5.95 Å². The van der Waals surface area contributed by atoms with E-state index in [0.717, 1.165) is 61.5 Å². The van der Waals surface area contributed by atoms with Gasteiger partial charge in [-0.25, -0.2) is 15.0 Å². The van der Waals surface area contributed by atoms with Gasteiger partial charge in [0.05, 0.1) is 11.4 Å². The molecule has 0 bridgehead atoms. The molecule has 128 valence electrons. The van der Waals surface area contributed by atoms with Gasteiger partial charge in [-0.05, 0) is 18.2 Å². The van der Waals surface area contributed by atoms with Gasteiger partial charge in [-0.3, -0.25) is 9.88 Å². The standard InChI is InChI=1S/C18H20N6O/c1-14-21-16(13-25-14)12-23-8-10-24(11-9-23)18-20-7-4-17(22-18)15-2-5-19-6-3-15/h2-7,13H,8-12H2,1H3. The molecule has 1 fully saturated rings. The predicted octanol–water partition coefficient (Wildman–Crippen LogP) is 2.16. The summed E-state index contributed by atoms with van der Waals surface area (Å²) in [5.74, 6) is 1.50. The SMILES string of the molecule is Cc1nc(CN2CCN(c3nccc(-c4ccncc4)n3)CC2)co1. The van der Waals surface area contributed by atoms with Crippen molar-refractivity contribution in [2.45, 2.75) is 13.5 Å². The highest BCUT2D eigenvalue weighted by atomic mass is 16.3. The Morgan fingerprint density at radius 1 is 1.00 bits per heavy atom. The molecule has 7 heteroatoms. The molecule has 0 saturated carbocycles. The van der Waals surface area contributed by atoms with Gasteiger partial charge in [-0.15, -0.1) is 0 Å². The Bertz CT molecular complexity index is 826. The fraction of sp³-hybridized carbons (Fsp3) is 0.333. The average Bonchev–Trinajstić information content (AvgIpc) is 3.08. The second kappa shape index (κ2) is 6.98. The smallest absolute Gasteiger partial charge is 0.225 e. The maximum atomic E-state index is 5.28. The number of hydrogen-bond donors (Lipinski definition) is 0. The highest BCUT2D eigenvalue weighted by Crippen LogP contribution is 2.19. The lowest BCUT2D eigenvalue weighted by molar-refractivity contribution is 0.246. The molecule has 0 radical (unpaired) electrons. The Hall–Kier alpha value is -2.80. The van der Waals surface area contributed by atoms with Crippen molar-refractivity contribution in [1.82, 2.24) is 24.8 Å². The van der Waals surface area contributed by atoms with E-state index in [2.05, 4.69) is 24.8 Å². The molecule has 4 rings (SSSR count). The second-order valence-corrected chi connectivity index (χ2v) is 6.10. The fourth-order valence-corrected chi connectivity index (χ4v) is 3.00. The van der Waals surface area contributed by atoms with Crippen LogP contribution in [0.25, 0.3) is 11.3 Å². The van der Waals surface area contributed by atoms with Crippen LogP contribution in [0.5, 0.6) is 0 Å². The van der Waals surface area contributed by atoms with E-state index in [1.807, 2.05) is 31.3 Å². The number of aryl methyl sites for hydroxylation is 1. The van der Waals surface area contributed by atoms with E-state index >= 15 is 0 Å². The summed E-state index contributed by atoms with van der Waals surface area (Å²) >= 11 is 0. The number of piperazine rings is 1. The first-order chi connectivity index (χ1) is 12.3. The van der Waals surface area contributed by atoms with E-state index in [1.54, 1.807) is 18.7 Å². The number of nitrogens with zero attached hydrogens (tertiary/aromatic N) is 6. The summed E-state index contributed by atoms with van der Waals surface area (Å²) in [4.78, 5) is 22.2. The summed E-state index contributed by atoms with van der Waals surface area (Å²) < 4.78 is 5.28. The van der Waals surface area contributed by atoms with Gasteiger partial charge in [0.15, 0.2) is 5.89 Å². The predicted molar refractivity (Wildman–Crippen MR) is 94.0 cm³/mol. The third-order valence-corrected chi connectivity index (χ3v) is 4.33. The lowest BCUT2D eigenvalue weighted by Crippen LogP contribution is -2.46. The van der Waals surface area contributed by atoms with E-state index in [0.29, 0.717) is 0 Å². The third kappa shape index (κ3) is 3.66. The van der Waals surface area contributed by atoms with Crippen molar-refractivity contribution in [1.29, 1.82) is 0 Å². The van der Waals surface area contributed by atoms with Crippen molar-refractivity contribution in [3.8, 4) is 11.3 Å². The molecule has 0 amide bonds. The van der Waals surface area contributed by atoms with Crippen LogP contribution in [-0.4, -0.2) is 51.0 Å². The Balaban J connectivity index is 1.41. The molecule has 3 aromatic rings. The summed E-state index contributed by atoms with van der Waals surface area (Å²) in [6, 6.07) is 5.86. The lowest BCUT2D eigenvalue weighted by Gasteiger charge is -2.34. The van der Waals surface area contributed by atoms with Crippen LogP contribution in [0.15, 0.2) is 47.5 Å². The van der Waals surface area contributed by atoms with Crippen molar-refractivity contribution >= 4 is 5.95 Å². The highest BCUT2D eigenvalue weighted by Gasteiger charge is 2.20. The van der Waals surface area contributed by atoms with Crippen molar-refractivity contribution in [2.75, 3.05) is 31.1 Å². The number of aromatic nitrogens is 4. The number of oxazole rings is 1. The molecule has 0 atom stereocenters. The van der Waals surface area contributed by atoms with Gasteiger partial charge in [0, 0.05) is 63.8 Å². The van der Waals surface area contributed by atoms with Gasteiger partial charge in [-0.1, -0.05) is 0 Å². The summed E-state index contributed by atoms with van der Waals surface area (Å²) in [5.41, 5.74) is 2.97. The van der Waals surface area contributed by atoms with Crippen molar-refractivity contribution in [3.05, 3.63) is 54.6 Å². The molecule has 3 aromatic heterocycles. The van der Waals surface area contributed by atoms with Gasteiger partial charge in [0.1, 0.15) is 6.26 Å². The zero-order chi connectivity index (χ0) is 17.1. The maximum Gasteiger partial charge on any atom is 0.225 e. The van der Waals surface area contributed by atoms with Crippen molar-refractivity contribution in [3.63, 3.8) is 0 Å². The molecule has 1 saturated heterocycles. The van der Waals surface area contributed by atoms with E-state index in [1.165, 1.54) is 0 Å². The molecule has 1 aliphatic heterocycles. The molecule has 25 heavy (non-hydrogen) atoms. The first-order valence-corrected chi connectivity index (χ1v) is 8.40. The van der Waals surface area contributed by atoms with Crippen molar-refractivity contribution < 1.29 is 4.42 Å². The van der Waals surface area contributed by atoms with Gasteiger partial charge < -0.3 is 9.32 Å². The molecular weight excluding hydrogens is 316 g/mol. The molecule has 0 unspecified atom stereocenters. The quantitative estimate of drug-likeness (QED) is 0.723. The van der Waals surface area contributed by atoms with Crippen LogP contribution in [0.3, 0.4) is 0 Å². The zero-order valence-electron chi connectivity index (χ0n) is 14.2. The third-order valence-electron chi connectivity index (χ3n) is 4.33. The number of anilines is 1. The van der Waals surface area contributed by atoms with Gasteiger partial charge in [0.25, 0.3) is 0 Å². The Morgan fingerprint density at radius 2 is 1.80 bits per heavy atom. The minimum atomic E-state index is 0.718. The monoisotopic (exact) mass is 336 g/mol. The average molecular weight is 336 g/mol. The normalized spacial score (nSPS) is 15.5. The maximum absolute atomic E-state index is 5.28. The van der Waals surface area contributed by atoms with E-state index < -0.39 is 0 Å². The first kappa shape index (κ1) is 15.7. The largest absolute Gasteiger partial charge is 0.449 e. The molecule has 0 N–H and O–H groups in total. The summed E-state index contributed by atoms with van der Waals surface area (Å²) in [5, 5.41) is 0. The fourth-order valence-electron chi connectivity index (χ4n) is 3.00. The van der Waals surface area contributed by atoms with Crippen LogP contribution >= 0.6 is 0 Å². The minimum absolute atomic E-state index is 0.718. The van der Waals surface area contributed by atoms with Crippen LogP contribution in [-0.2, 0) is 6.54 Å². The van der Waals surface area contributed by atoms with Gasteiger partial charge >= 0.3 is 0 Å². The molecule has 0 aliphatic carbocycles. The van der Waals surface area contributed by atoms with Gasteiger partial charge in [-0.2, -0.15) is 0 Å². The van der Waals surface area contributed by atoms with Gasteiger partial charge in [0.2, 0.25) is 5.95 Å². The molecule has 4 heterocycles. The van der Waals surface area contributed by atoms with Crippen LogP contribution in [0.2, 0.25) is 0 Å². The van der Waals surface area contributed by atoms with Crippen LogP contribution in [0.1, 0.15) is 11.6 Å². The zero-order valence-corrected chi connectivity index (χ0v) is 14.2. The number of rotatable bonds is 4. The highest BCUT2D eigenvalue weighted by molar-refractivity contribution is 5.59. The Labute approximate surface area is 146 Å². The van der Waals surface area contributed by atoms with Crippen LogP contribution < -0.4 is 4.90 Å². The summed E-state index contributed by atoms with van der Waals surface area (Å²) in [7, 11) is 0. The number of hydrogen-bond acceptors (Lipinski definition) is 7. The van der Waals surface area contributed by atoms with E-state index in [4.69, 9.17) is 9.40 Å². The summed E-state index contributed by atoms with van der Waals surface area (Å²) in [6.45, 7) is 6.40. The molecule has 1 aliphatic rings. The molecular formula is C18H20N6O. The van der Waals surface area contributed by atoms with Crippen molar-refractivity contribution in [2.24, 2.45) is 0 Å². The van der Waals surface area contributed by atoms with E-state index in [-0.39, 0.29) is 0 Å². The first-order valence-electron chi connectivity index (χ1n) is 8.40.